The van der Waals surface area contributed by atoms with Gasteiger partial charge in [-0.25, -0.2) is 13.4 Å². The predicted molar refractivity (Wildman–Crippen MR) is 157 cm³/mol. The Kier molecular flexibility index (Phi) is 8.79. The summed E-state index contributed by atoms with van der Waals surface area (Å²) in [5.41, 5.74) is -1.52. The molecule has 44 heavy (non-hydrogen) atoms. The molecule has 2 heterocycles. The molecule has 1 aromatic heterocycles. The van der Waals surface area contributed by atoms with Gasteiger partial charge in [0.25, 0.3) is 5.91 Å². The van der Waals surface area contributed by atoms with E-state index < -0.39 is 69.0 Å². The Morgan fingerprint density at radius 3 is 2.61 bits per heavy atom. The smallest absolute Gasteiger partial charge is 0.259 e. The Morgan fingerprint density at radius 2 is 1.95 bits per heavy atom. The molecule has 1 unspecified atom stereocenters. The summed E-state index contributed by atoms with van der Waals surface area (Å²) in [6, 6.07) is 6.10. The Labute approximate surface area is 254 Å². The summed E-state index contributed by atoms with van der Waals surface area (Å²) >= 11 is 0. The summed E-state index contributed by atoms with van der Waals surface area (Å²) < 4.78 is 43.4. The molecule has 4 atom stereocenters. The molecule has 1 aliphatic heterocycles. The molecule has 2 saturated carbocycles. The first-order chi connectivity index (χ1) is 21.0. The summed E-state index contributed by atoms with van der Waals surface area (Å²) in [7, 11) is -0.955. The Hall–Kier alpha value is -4.24. The number of sulfonamides is 1. The SMILES string of the molecule is C=CC1C[C@]1(NC(=O)[C@@H]1C[C@@H](Oc2nccc3cc(OC)ccc23)CN1C(=O)CNC(=O)COC)C(=O)NS(=O)(=O)C1CC1. The fraction of sp³-hybridized carbons (Fsp3) is 0.483. The number of hydrogen-bond donors (Lipinski definition) is 3. The molecule has 1 saturated heterocycles. The molecule has 2 aromatic rings. The minimum absolute atomic E-state index is 0.00850. The number of nitrogens with zero attached hydrogens (tertiary/aromatic N) is 2. The van der Waals surface area contributed by atoms with E-state index in [1.165, 1.54) is 18.1 Å². The van der Waals surface area contributed by atoms with Gasteiger partial charge in [0.2, 0.25) is 33.6 Å². The van der Waals surface area contributed by atoms with Crippen molar-refractivity contribution in [1.82, 2.24) is 25.2 Å². The molecule has 14 nitrogen and oxygen atoms in total. The van der Waals surface area contributed by atoms with E-state index in [-0.39, 0.29) is 26.0 Å². The number of benzene rings is 1. The van der Waals surface area contributed by atoms with Gasteiger partial charge in [0, 0.05) is 31.0 Å². The zero-order valence-corrected chi connectivity index (χ0v) is 25.2. The second-order valence-electron chi connectivity index (χ2n) is 11.1. The number of pyridine rings is 1. The fourth-order valence-corrected chi connectivity index (χ4v) is 6.75. The maximum atomic E-state index is 13.8. The van der Waals surface area contributed by atoms with Crippen molar-refractivity contribution < 1.29 is 41.8 Å². The van der Waals surface area contributed by atoms with E-state index in [9.17, 15) is 27.6 Å². The average Bonchev–Trinajstić information content (AvgIpc) is 3.93. The Bertz CT molecular complexity index is 1590. The molecule has 3 N–H and O–H groups in total. The van der Waals surface area contributed by atoms with Crippen molar-refractivity contribution in [3.05, 3.63) is 43.1 Å². The lowest BCUT2D eigenvalue weighted by Crippen LogP contribution is -2.57. The van der Waals surface area contributed by atoms with Crippen LogP contribution in [-0.4, -0.2) is 98.8 Å². The molecule has 3 fully saturated rings. The molecule has 0 spiro atoms. The van der Waals surface area contributed by atoms with Crippen LogP contribution in [0, 0.1) is 5.92 Å². The minimum Gasteiger partial charge on any atom is -0.497 e. The van der Waals surface area contributed by atoms with Gasteiger partial charge in [-0.3, -0.25) is 23.9 Å². The highest BCUT2D eigenvalue weighted by atomic mass is 32.2. The molecular formula is C29H35N5O9S. The third kappa shape index (κ3) is 6.48. The van der Waals surface area contributed by atoms with E-state index in [1.54, 1.807) is 31.5 Å². The van der Waals surface area contributed by atoms with Crippen LogP contribution in [0.25, 0.3) is 10.8 Å². The second kappa shape index (κ2) is 12.4. The standard InChI is InChI=1S/C29H35N5O9S/c1-4-18-13-29(18,28(38)33-44(39,40)21-6-7-21)32-26(37)23-12-20(15-34(23)25(36)14-31-24(35)16-41-2)43-27-22-8-5-19(42-3)11-17(22)9-10-30-27/h4-5,8-11,18,20-21,23H,1,6-7,12-16H2,2-3H3,(H,31,35)(H,32,37)(H,33,38)/t18?,20-,23+,29-/m1/s1. The number of rotatable bonds is 13. The molecule has 15 heteroatoms. The predicted octanol–water partition coefficient (Wildman–Crippen LogP) is 0.0236. The van der Waals surface area contributed by atoms with Crippen LogP contribution in [0.15, 0.2) is 43.1 Å². The van der Waals surface area contributed by atoms with Crippen molar-refractivity contribution in [1.29, 1.82) is 0 Å². The summed E-state index contributed by atoms with van der Waals surface area (Å²) in [5, 5.41) is 6.06. The normalized spacial score (nSPS) is 24.3. The van der Waals surface area contributed by atoms with Gasteiger partial charge in [-0.15, -0.1) is 6.58 Å². The molecular weight excluding hydrogens is 594 g/mol. The van der Waals surface area contributed by atoms with Crippen LogP contribution < -0.4 is 24.8 Å². The average molecular weight is 630 g/mol. The summed E-state index contributed by atoms with van der Waals surface area (Å²) in [5.74, 6) is -2.11. The maximum Gasteiger partial charge on any atom is 0.259 e. The number of aromatic nitrogens is 1. The highest BCUT2D eigenvalue weighted by molar-refractivity contribution is 7.91. The lowest BCUT2D eigenvalue weighted by molar-refractivity contribution is -0.140. The molecule has 4 amide bonds. The van der Waals surface area contributed by atoms with E-state index in [0.717, 1.165) is 5.39 Å². The van der Waals surface area contributed by atoms with Gasteiger partial charge >= 0.3 is 0 Å². The number of amides is 4. The maximum absolute atomic E-state index is 13.8. The van der Waals surface area contributed by atoms with Crippen LogP contribution in [-0.2, 0) is 33.9 Å². The third-order valence-corrected chi connectivity index (χ3v) is 9.88. The van der Waals surface area contributed by atoms with Crippen LogP contribution in [0.2, 0.25) is 0 Å². The van der Waals surface area contributed by atoms with Gasteiger partial charge in [-0.2, -0.15) is 0 Å². The zero-order valence-electron chi connectivity index (χ0n) is 24.4. The lowest BCUT2D eigenvalue weighted by Gasteiger charge is -2.26. The van der Waals surface area contributed by atoms with Crippen LogP contribution >= 0.6 is 0 Å². The van der Waals surface area contributed by atoms with E-state index in [4.69, 9.17) is 14.2 Å². The van der Waals surface area contributed by atoms with Gasteiger partial charge in [0.1, 0.15) is 30.0 Å². The summed E-state index contributed by atoms with van der Waals surface area (Å²) in [6.45, 7) is 3.06. The number of ether oxygens (including phenoxy) is 3. The summed E-state index contributed by atoms with van der Waals surface area (Å²) in [4.78, 5) is 57.8. The van der Waals surface area contributed by atoms with E-state index in [0.29, 0.717) is 29.9 Å². The second-order valence-corrected chi connectivity index (χ2v) is 13.1. The number of hydrogen-bond acceptors (Lipinski definition) is 10. The molecule has 3 aliphatic rings. The number of fused-ring (bicyclic) bond motifs is 1. The van der Waals surface area contributed by atoms with Crippen LogP contribution in [0.3, 0.4) is 0 Å². The highest BCUT2D eigenvalue weighted by Crippen LogP contribution is 2.45. The van der Waals surface area contributed by atoms with Crippen LogP contribution in [0.4, 0.5) is 0 Å². The molecule has 0 bridgehead atoms. The Balaban J connectivity index is 1.35. The number of methoxy groups -OCH3 is 2. The van der Waals surface area contributed by atoms with Crippen molar-refractivity contribution >= 4 is 44.4 Å². The first kappa shape index (κ1) is 31.2. The highest BCUT2D eigenvalue weighted by Gasteiger charge is 2.61. The van der Waals surface area contributed by atoms with E-state index in [2.05, 4.69) is 26.9 Å². The van der Waals surface area contributed by atoms with Crippen molar-refractivity contribution in [2.75, 3.05) is 33.9 Å². The fourth-order valence-electron chi connectivity index (χ4n) is 5.39. The largest absolute Gasteiger partial charge is 0.497 e. The van der Waals surface area contributed by atoms with Gasteiger partial charge in [-0.05, 0) is 48.9 Å². The molecule has 2 aliphatic carbocycles. The number of nitrogens with one attached hydrogen (secondary N) is 3. The van der Waals surface area contributed by atoms with Gasteiger partial charge in [0.15, 0.2) is 0 Å². The monoisotopic (exact) mass is 629 g/mol. The van der Waals surface area contributed by atoms with Crippen LogP contribution in [0.1, 0.15) is 25.7 Å². The quantitative estimate of drug-likeness (QED) is 0.256. The van der Waals surface area contributed by atoms with Crippen LogP contribution in [0.5, 0.6) is 11.6 Å². The van der Waals surface area contributed by atoms with Crippen molar-refractivity contribution in [2.45, 2.75) is 48.6 Å². The molecule has 236 valence electrons. The topological polar surface area (TPSA) is 182 Å². The first-order valence-electron chi connectivity index (χ1n) is 14.2. The van der Waals surface area contributed by atoms with Crippen molar-refractivity contribution in [3.8, 4) is 11.6 Å². The molecule has 5 rings (SSSR count). The van der Waals surface area contributed by atoms with Gasteiger partial charge < -0.3 is 29.7 Å². The molecule has 0 radical (unpaired) electrons. The summed E-state index contributed by atoms with van der Waals surface area (Å²) in [6.07, 6.45) is 3.53. The van der Waals surface area contributed by atoms with Gasteiger partial charge in [-0.1, -0.05) is 6.08 Å². The van der Waals surface area contributed by atoms with E-state index in [1.807, 2.05) is 6.07 Å². The zero-order chi connectivity index (χ0) is 31.6. The minimum atomic E-state index is -3.86. The number of carbonyl (C=O) groups excluding carboxylic acids is 4. The third-order valence-electron chi connectivity index (χ3n) is 8.06. The van der Waals surface area contributed by atoms with Gasteiger partial charge in [0.05, 0.1) is 25.4 Å². The van der Waals surface area contributed by atoms with Crippen molar-refractivity contribution in [2.24, 2.45) is 5.92 Å². The first-order valence-corrected chi connectivity index (χ1v) is 15.7. The Morgan fingerprint density at radius 1 is 1.18 bits per heavy atom. The van der Waals surface area contributed by atoms with E-state index >= 15 is 0 Å². The number of carbonyl (C=O) groups is 4. The number of likely N-dealkylation sites (tertiary alicyclic amines) is 1. The molecule has 1 aromatic carbocycles. The van der Waals surface area contributed by atoms with Crippen molar-refractivity contribution in [3.63, 3.8) is 0 Å². The lowest BCUT2D eigenvalue weighted by atomic mass is 10.1.